The fourth-order valence-electron chi connectivity index (χ4n) is 5.86. The van der Waals surface area contributed by atoms with E-state index in [0.717, 1.165) is 33.3 Å². The van der Waals surface area contributed by atoms with E-state index in [0.29, 0.717) is 36.0 Å². The molecule has 220 valence electrons. The van der Waals surface area contributed by atoms with Gasteiger partial charge >= 0.3 is 5.97 Å². The number of aromatic nitrogens is 2. The summed E-state index contributed by atoms with van der Waals surface area (Å²) in [4.78, 5) is 12.0. The number of ether oxygens (including phenoxy) is 1. The smallest absolute Gasteiger partial charge is 0.337 e. The molecule has 1 saturated heterocycles. The van der Waals surface area contributed by atoms with Crippen LogP contribution in [0.1, 0.15) is 57.4 Å². The molecule has 10 heteroatoms. The zero-order valence-electron chi connectivity index (χ0n) is 23.3. The molecule has 0 atom stereocenters. The number of carbonyl (C=O) groups is 1. The molecule has 0 radical (unpaired) electrons. The van der Waals surface area contributed by atoms with Crippen LogP contribution < -0.4 is 0 Å². The zero-order chi connectivity index (χ0) is 30.1. The van der Waals surface area contributed by atoms with Crippen LogP contribution in [-0.4, -0.2) is 49.1 Å². The fourth-order valence-corrected chi connectivity index (χ4v) is 7.63. The summed E-state index contributed by atoms with van der Waals surface area (Å²) >= 11 is 12.4. The Bertz CT molecular complexity index is 1840. The van der Waals surface area contributed by atoms with Crippen molar-refractivity contribution < 1.29 is 17.9 Å². The summed E-state index contributed by atoms with van der Waals surface area (Å²) in [6, 6.07) is 28.0. The predicted molar refractivity (Wildman–Crippen MR) is 168 cm³/mol. The molecule has 0 aliphatic carbocycles. The Labute approximate surface area is 260 Å². The summed E-state index contributed by atoms with van der Waals surface area (Å²) < 4.78 is 33.1. The zero-order valence-corrected chi connectivity index (χ0v) is 25.7. The summed E-state index contributed by atoms with van der Waals surface area (Å²) in [5.41, 5.74) is 5.38. The number of halogens is 2. The summed E-state index contributed by atoms with van der Waals surface area (Å²) in [5, 5.41) is 10.2. The second-order valence-corrected chi connectivity index (χ2v) is 13.5. The van der Waals surface area contributed by atoms with Crippen LogP contribution in [0.5, 0.6) is 0 Å². The summed E-state index contributed by atoms with van der Waals surface area (Å²) in [6.07, 6.45) is 1.27. The van der Waals surface area contributed by atoms with Gasteiger partial charge in [-0.3, -0.25) is 5.10 Å². The van der Waals surface area contributed by atoms with Crippen molar-refractivity contribution in [2.45, 2.75) is 29.6 Å². The number of carbonyl (C=O) groups excluding carboxylic acids is 1. The minimum atomic E-state index is -3.77. The van der Waals surface area contributed by atoms with Crippen LogP contribution in [-0.2, 0) is 14.8 Å². The molecular weight excluding hydrogens is 605 g/mol. The Kier molecular flexibility index (Phi) is 8.29. The van der Waals surface area contributed by atoms with Crippen molar-refractivity contribution in [1.29, 1.82) is 0 Å². The van der Waals surface area contributed by atoms with E-state index in [-0.39, 0.29) is 22.3 Å². The molecule has 6 rings (SSSR count). The summed E-state index contributed by atoms with van der Waals surface area (Å²) in [6.45, 7) is 0.710. The minimum absolute atomic E-state index is 0.0468. The van der Waals surface area contributed by atoms with Gasteiger partial charge in [0.1, 0.15) is 0 Å². The van der Waals surface area contributed by atoms with Crippen molar-refractivity contribution in [2.24, 2.45) is 0 Å². The number of methoxy groups -OCH3 is 1. The van der Waals surface area contributed by atoms with Gasteiger partial charge < -0.3 is 4.74 Å². The number of hydrogen-bond donors (Lipinski definition) is 1. The number of benzene rings is 4. The van der Waals surface area contributed by atoms with Gasteiger partial charge in [0, 0.05) is 46.1 Å². The van der Waals surface area contributed by atoms with Gasteiger partial charge in [-0.15, -0.1) is 0 Å². The Morgan fingerprint density at radius 2 is 1.49 bits per heavy atom. The van der Waals surface area contributed by atoms with Crippen molar-refractivity contribution in [2.75, 3.05) is 20.2 Å². The van der Waals surface area contributed by atoms with Crippen LogP contribution in [0.4, 0.5) is 0 Å². The standard InChI is InChI=1S/C33H29Cl2N3O4S/c1-42-33(39)25-3-2-4-28(19-25)43(40,41)38-17-15-23(16-18-38)32-29-20-24(9-14-30(29)36-37-32)31(21-5-10-26(34)11-6-21)22-7-12-27(35)13-8-22/h2-14,19-20,23,31H,15-18H2,1H3,(H,36,37). The highest BCUT2D eigenvalue weighted by Crippen LogP contribution is 2.38. The quantitative estimate of drug-likeness (QED) is 0.149. The third-order valence-corrected chi connectivity index (χ3v) is 10.5. The number of nitrogens with one attached hydrogen (secondary N) is 1. The lowest BCUT2D eigenvalue weighted by Crippen LogP contribution is -2.38. The van der Waals surface area contributed by atoms with Crippen molar-refractivity contribution in [3.63, 3.8) is 0 Å². The third kappa shape index (κ3) is 5.93. The lowest BCUT2D eigenvalue weighted by Gasteiger charge is -2.31. The van der Waals surface area contributed by atoms with Gasteiger partial charge in [-0.2, -0.15) is 9.40 Å². The van der Waals surface area contributed by atoms with Gasteiger partial charge in [-0.1, -0.05) is 59.6 Å². The molecule has 0 spiro atoms. The van der Waals surface area contributed by atoms with Crippen LogP contribution in [0.3, 0.4) is 0 Å². The SMILES string of the molecule is COC(=O)c1cccc(S(=O)(=O)N2CCC(c3[nH]nc4ccc(C(c5ccc(Cl)cc5)c5ccc(Cl)cc5)cc34)CC2)c1. The lowest BCUT2D eigenvalue weighted by molar-refractivity contribution is 0.0600. The van der Waals surface area contributed by atoms with E-state index in [1.165, 1.54) is 23.5 Å². The molecule has 0 unspecified atom stereocenters. The topological polar surface area (TPSA) is 92.4 Å². The molecular formula is C33H29Cl2N3O4S. The molecule has 0 bridgehead atoms. The second kappa shape index (κ2) is 12.1. The van der Waals surface area contributed by atoms with E-state index in [1.807, 2.05) is 54.6 Å². The van der Waals surface area contributed by atoms with Crippen LogP contribution >= 0.6 is 23.2 Å². The first-order valence-corrected chi connectivity index (χ1v) is 16.1. The highest BCUT2D eigenvalue weighted by molar-refractivity contribution is 7.89. The van der Waals surface area contributed by atoms with Gasteiger partial charge in [0.05, 0.1) is 23.1 Å². The van der Waals surface area contributed by atoms with Crippen molar-refractivity contribution >= 4 is 50.1 Å². The third-order valence-electron chi connectivity index (χ3n) is 8.10. The van der Waals surface area contributed by atoms with Crippen LogP contribution in [0.25, 0.3) is 10.9 Å². The largest absolute Gasteiger partial charge is 0.465 e. The molecule has 1 aromatic heterocycles. The molecule has 7 nitrogen and oxygen atoms in total. The lowest BCUT2D eigenvalue weighted by atomic mass is 9.84. The highest BCUT2D eigenvalue weighted by atomic mass is 35.5. The first kappa shape index (κ1) is 29.4. The maximum atomic E-state index is 13.4. The molecule has 2 heterocycles. The fraction of sp³-hybridized carbons (Fsp3) is 0.212. The molecule has 43 heavy (non-hydrogen) atoms. The monoisotopic (exact) mass is 633 g/mol. The Morgan fingerprint density at radius 1 is 0.884 bits per heavy atom. The van der Waals surface area contributed by atoms with Gasteiger partial charge in [-0.25, -0.2) is 13.2 Å². The average molecular weight is 635 g/mol. The van der Waals surface area contributed by atoms with E-state index in [2.05, 4.69) is 22.3 Å². The number of aromatic amines is 1. The maximum Gasteiger partial charge on any atom is 0.337 e. The van der Waals surface area contributed by atoms with Crippen molar-refractivity contribution in [1.82, 2.24) is 14.5 Å². The van der Waals surface area contributed by atoms with Gasteiger partial charge in [0.2, 0.25) is 10.0 Å². The number of sulfonamides is 1. The molecule has 1 aliphatic rings. The first-order valence-electron chi connectivity index (χ1n) is 13.9. The normalized spacial score (nSPS) is 14.8. The van der Waals surface area contributed by atoms with E-state index in [4.69, 9.17) is 27.9 Å². The number of fused-ring (bicyclic) bond motifs is 1. The molecule has 5 aromatic rings. The van der Waals surface area contributed by atoms with Gasteiger partial charge in [-0.05, 0) is 84.1 Å². The molecule has 0 saturated carbocycles. The number of hydrogen-bond acceptors (Lipinski definition) is 5. The Hall–Kier alpha value is -3.69. The molecule has 1 fully saturated rings. The van der Waals surface area contributed by atoms with Crippen LogP contribution in [0.2, 0.25) is 10.0 Å². The van der Waals surface area contributed by atoms with Gasteiger partial charge in [0.25, 0.3) is 0 Å². The number of nitrogens with zero attached hydrogens (tertiary/aromatic N) is 2. The summed E-state index contributed by atoms with van der Waals surface area (Å²) in [5.74, 6) is -0.511. The van der Waals surface area contributed by atoms with E-state index in [1.54, 1.807) is 12.1 Å². The molecule has 4 aromatic carbocycles. The first-order chi connectivity index (χ1) is 20.7. The molecule has 0 amide bonds. The summed E-state index contributed by atoms with van der Waals surface area (Å²) in [7, 11) is -2.50. The number of H-pyrrole nitrogens is 1. The predicted octanol–water partition coefficient (Wildman–Crippen LogP) is 7.40. The minimum Gasteiger partial charge on any atom is -0.465 e. The Balaban J connectivity index is 1.28. The molecule has 1 aliphatic heterocycles. The number of piperidine rings is 1. The van der Waals surface area contributed by atoms with Crippen LogP contribution in [0, 0.1) is 0 Å². The van der Waals surface area contributed by atoms with E-state index < -0.39 is 16.0 Å². The Morgan fingerprint density at radius 3 is 2.09 bits per heavy atom. The second-order valence-electron chi connectivity index (χ2n) is 10.6. The van der Waals surface area contributed by atoms with Crippen molar-refractivity contribution in [3.05, 3.63) is 129 Å². The van der Waals surface area contributed by atoms with E-state index in [9.17, 15) is 13.2 Å². The maximum absolute atomic E-state index is 13.4. The highest BCUT2D eigenvalue weighted by Gasteiger charge is 2.32. The van der Waals surface area contributed by atoms with E-state index >= 15 is 0 Å². The number of esters is 1. The van der Waals surface area contributed by atoms with Crippen molar-refractivity contribution in [3.8, 4) is 0 Å². The number of rotatable bonds is 7. The van der Waals surface area contributed by atoms with Crippen LogP contribution in [0.15, 0.2) is 95.9 Å². The molecule has 1 N–H and O–H groups in total. The average Bonchev–Trinajstić information content (AvgIpc) is 3.46. The van der Waals surface area contributed by atoms with Gasteiger partial charge in [0.15, 0.2) is 0 Å².